The maximum absolute atomic E-state index is 12.3. The van der Waals surface area contributed by atoms with Gasteiger partial charge in [-0.3, -0.25) is 0 Å². The lowest BCUT2D eigenvalue weighted by atomic mass is 10.1. The molecule has 0 radical (unpaired) electrons. The van der Waals surface area contributed by atoms with E-state index in [4.69, 9.17) is 15.2 Å². The molecule has 0 spiro atoms. The molecule has 0 fully saturated rings. The Kier molecular flexibility index (Phi) is 4.75. The first-order chi connectivity index (χ1) is 9.14. The summed E-state index contributed by atoms with van der Waals surface area (Å²) in [6.45, 7) is 2.00. The molecule has 0 saturated heterocycles. The summed E-state index contributed by atoms with van der Waals surface area (Å²) in [5, 5.41) is 0. The van der Waals surface area contributed by atoms with Gasteiger partial charge in [-0.15, -0.1) is 0 Å². The third-order valence-electron chi connectivity index (χ3n) is 2.17. The van der Waals surface area contributed by atoms with E-state index in [0.29, 0.717) is 0 Å². The average molecular weight is 289 g/mol. The van der Waals surface area contributed by atoms with Gasteiger partial charge in [0, 0.05) is 12.1 Å². The van der Waals surface area contributed by atoms with Gasteiger partial charge in [0.2, 0.25) is 0 Å². The summed E-state index contributed by atoms with van der Waals surface area (Å²) in [7, 11) is 1.28. The van der Waals surface area contributed by atoms with Gasteiger partial charge in [0.05, 0.1) is 18.4 Å². The smallest absolute Gasteiger partial charge is 0.387 e. The molecule has 0 aliphatic carbocycles. The highest BCUT2D eigenvalue weighted by molar-refractivity contribution is 5.96. The van der Waals surface area contributed by atoms with Crippen molar-refractivity contribution in [1.82, 2.24) is 0 Å². The van der Waals surface area contributed by atoms with E-state index in [-0.39, 0.29) is 22.7 Å². The zero-order valence-electron chi connectivity index (χ0n) is 11.7. The van der Waals surface area contributed by atoms with Gasteiger partial charge in [-0.25, -0.2) is 4.79 Å². The molecule has 20 heavy (non-hydrogen) atoms. The number of carbonyl (C=O) groups is 1. The molecule has 0 unspecified atom stereocenters. The number of hydrogen-bond acceptors (Lipinski definition) is 5. The lowest BCUT2D eigenvalue weighted by Crippen LogP contribution is -2.24. The Morgan fingerprint density at radius 3 is 2.30 bits per heavy atom. The second-order valence-corrected chi connectivity index (χ2v) is 4.97. The highest BCUT2D eigenvalue weighted by Crippen LogP contribution is 2.34. The average Bonchev–Trinajstić information content (AvgIpc) is 2.27. The van der Waals surface area contributed by atoms with Crippen LogP contribution in [0.5, 0.6) is 11.5 Å². The van der Waals surface area contributed by atoms with E-state index in [1.54, 1.807) is 20.8 Å². The first-order valence-electron chi connectivity index (χ1n) is 5.79. The number of esters is 1. The Labute approximate surface area is 115 Å². The zero-order chi connectivity index (χ0) is 15.5. The molecule has 5 nitrogen and oxygen atoms in total. The zero-order valence-corrected chi connectivity index (χ0v) is 11.7. The molecule has 0 aliphatic heterocycles. The molecule has 7 heteroatoms. The van der Waals surface area contributed by atoms with Gasteiger partial charge in [-0.2, -0.15) is 8.78 Å². The number of nitrogen functional groups attached to an aromatic ring is 1. The maximum Gasteiger partial charge on any atom is 0.387 e. The van der Waals surface area contributed by atoms with Crippen molar-refractivity contribution in [2.24, 2.45) is 0 Å². The Hall–Kier alpha value is -2.05. The van der Waals surface area contributed by atoms with Crippen LogP contribution in [0.4, 0.5) is 14.5 Å². The molecule has 0 aromatic heterocycles. The fraction of sp³-hybridized carbons (Fsp3) is 0.462. The molecule has 112 valence electrons. The molecule has 1 rings (SSSR count). The topological polar surface area (TPSA) is 70.8 Å². The minimum absolute atomic E-state index is 0.00936. The number of anilines is 1. The van der Waals surface area contributed by atoms with Crippen LogP contribution in [0, 0.1) is 0 Å². The molecule has 2 N–H and O–H groups in total. The lowest BCUT2D eigenvalue weighted by molar-refractivity contribution is -0.0513. The molecule has 0 amide bonds. The quantitative estimate of drug-likeness (QED) is 0.681. The molecular weight excluding hydrogens is 272 g/mol. The van der Waals surface area contributed by atoms with Gasteiger partial charge in [-0.05, 0) is 20.8 Å². The Bertz CT molecular complexity index is 498. The van der Waals surface area contributed by atoms with Gasteiger partial charge >= 0.3 is 12.6 Å². The first-order valence-corrected chi connectivity index (χ1v) is 5.79. The third-order valence-corrected chi connectivity index (χ3v) is 2.17. The number of carbonyl (C=O) groups excluding carboxylic acids is 1. The molecule has 1 aromatic rings. The van der Waals surface area contributed by atoms with Gasteiger partial charge < -0.3 is 19.9 Å². The molecular formula is C13H17F2NO4. The van der Waals surface area contributed by atoms with Crippen molar-refractivity contribution in [3.63, 3.8) is 0 Å². The molecule has 0 saturated carbocycles. The van der Waals surface area contributed by atoms with Crippen molar-refractivity contribution < 1.29 is 27.8 Å². The van der Waals surface area contributed by atoms with Gasteiger partial charge in [0.25, 0.3) is 0 Å². The SMILES string of the molecule is COc1cc(N)c(C(=O)OC(C)(C)C)cc1OC(F)F. The van der Waals surface area contributed by atoms with Gasteiger partial charge in [0.15, 0.2) is 11.5 Å². The number of methoxy groups -OCH3 is 1. The van der Waals surface area contributed by atoms with Crippen LogP contribution in [0.3, 0.4) is 0 Å². The third kappa shape index (κ3) is 4.25. The highest BCUT2D eigenvalue weighted by atomic mass is 19.3. The van der Waals surface area contributed by atoms with Gasteiger partial charge in [-0.1, -0.05) is 0 Å². The second-order valence-electron chi connectivity index (χ2n) is 4.97. The number of nitrogens with two attached hydrogens (primary N) is 1. The summed E-state index contributed by atoms with van der Waals surface area (Å²) in [6, 6.07) is 2.31. The minimum Gasteiger partial charge on any atom is -0.493 e. The summed E-state index contributed by atoms with van der Waals surface area (Å²) in [5.74, 6) is -0.996. The van der Waals surface area contributed by atoms with E-state index < -0.39 is 18.2 Å². The second kappa shape index (κ2) is 5.94. The van der Waals surface area contributed by atoms with Gasteiger partial charge in [0.1, 0.15) is 5.60 Å². The number of benzene rings is 1. The van der Waals surface area contributed by atoms with Crippen molar-refractivity contribution in [3.8, 4) is 11.5 Å². The fourth-order valence-electron chi connectivity index (χ4n) is 1.43. The van der Waals surface area contributed by atoms with E-state index >= 15 is 0 Å². The highest BCUT2D eigenvalue weighted by Gasteiger charge is 2.23. The number of rotatable bonds is 4. The van der Waals surface area contributed by atoms with Crippen LogP contribution in [-0.4, -0.2) is 25.3 Å². The van der Waals surface area contributed by atoms with Crippen LogP contribution >= 0.6 is 0 Å². The largest absolute Gasteiger partial charge is 0.493 e. The fourth-order valence-corrected chi connectivity index (χ4v) is 1.43. The summed E-state index contributed by atoms with van der Waals surface area (Å²) >= 11 is 0. The van der Waals surface area contributed by atoms with E-state index in [2.05, 4.69) is 4.74 Å². The van der Waals surface area contributed by atoms with Crippen molar-refractivity contribution in [1.29, 1.82) is 0 Å². The van der Waals surface area contributed by atoms with E-state index in [0.717, 1.165) is 6.07 Å². The van der Waals surface area contributed by atoms with E-state index in [9.17, 15) is 13.6 Å². The summed E-state index contributed by atoms with van der Waals surface area (Å²) < 4.78 is 38.9. The first kappa shape index (κ1) is 16.0. The summed E-state index contributed by atoms with van der Waals surface area (Å²) in [4.78, 5) is 11.9. The molecule has 0 aliphatic rings. The number of halogens is 2. The van der Waals surface area contributed by atoms with Crippen LogP contribution in [-0.2, 0) is 4.74 Å². The van der Waals surface area contributed by atoms with Crippen LogP contribution in [0.1, 0.15) is 31.1 Å². The van der Waals surface area contributed by atoms with Crippen molar-refractivity contribution in [2.75, 3.05) is 12.8 Å². The predicted molar refractivity (Wildman–Crippen MR) is 69.2 cm³/mol. The summed E-state index contributed by atoms with van der Waals surface area (Å²) in [5.41, 5.74) is 4.96. The van der Waals surface area contributed by atoms with Crippen molar-refractivity contribution >= 4 is 11.7 Å². The van der Waals surface area contributed by atoms with E-state index in [1.807, 2.05) is 0 Å². The predicted octanol–water partition coefficient (Wildman–Crippen LogP) is 2.83. The molecule has 1 aromatic carbocycles. The lowest BCUT2D eigenvalue weighted by Gasteiger charge is -2.20. The van der Waals surface area contributed by atoms with Crippen LogP contribution in [0.2, 0.25) is 0 Å². The molecule has 0 bridgehead atoms. The Balaban J connectivity index is 3.17. The normalized spacial score (nSPS) is 11.3. The number of ether oxygens (including phenoxy) is 3. The standard InChI is InChI=1S/C13H17F2NO4/c1-13(2,3)20-11(17)7-5-10(19-12(14)15)9(18-4)6-8(7)16/h5-6,12H,16H2,1-4H3. The molecule has 0 atom stereocenters. The van der Waals surface area contributed by atoms with Crippen LogP contribution in [0.25, 0.3) is 0 Å². The monoisotopic (exact) mass is 289 g/mol. The minimum atomic E-state index is -3.04. The number of alkyl halides is 2. The number of hydrogen-bond donors (Lipinski definition) is 1. The van der Waals surface area contributed by atoms with Crippen LogP contribution in [0.15, 0.2) is 12.1 Å². The maximum atomic E-state index is 12.3. The van der Waals surface area contributed by atoms with Crippen molar-refractivity contribution in [2.45, 2.75) is 33.0 Å². The van der Waals surface area contributed by atoms with Crippen molar-refractivity contribution in [3.05, 3.63) is 17.7 Å². The van der Waals surface area contributed by atoms with E-state index in [1.165, 1.54) is 13.2 Å². The Morgan fingerprint density at radius 1 is 1.25 bits per heavy atom. The Morgan fingerprint density at radius 2 is 1.85 bits per heavy atom. The molecule has 0 heterocycles. The summed E-state index contributed by atoms with van der Waals surface area (Å²) in [6.07, 6.45) is 0. The van der Waals surface area contributed by atoms with Crippen LogP contribution < -0.4 is 15.2 Å².